The van der Waals surface area contributed by atoms with Gasteiger partial charge in [-0.05, 0) is 19.4 Å². The highest BCUT2D eigenvalue weighted by Crippen LogP contribution is 2.50. The van der Waals surface area contributed by atoms with Gasteiger partial charge in [0.15, 0.2) is 6.10 Å². The molecule has 0 radical (unpaired) electrons. The molecule has 0 N–H and O–H groups in total. The molecule has 2 atom stereocenters. The van der Waals surface area contributed by atoms with Crippen molar-refractivity contribution in [3.8, 4) is 0 Å². The molecule has 1 aromatic rings. The molecule has 0 aromatic heterocycles. The maximum Gasteiger partial charge on any atom is 0.272 e. The van der Waals surface area contributed by atoms with Crippen molar-refractivity contribution in [3.63, 3.8) is 0 Å². The van der Waals surface area contributed by atoms with E-state index in [-0.39, 0.29) is 4.92 Å². The Morgan fingerprint density at radius 2 is 1.83 bits per heavy atom. The minimum absolute atomic E-state index is 0.290. The summed E-state index contributed by atoms with van der Waals surface area (Å²) in [6.07, 6.45) is -0.601. The van der Waals surface area contributed by atoms with E-state index in [9.17, 15) is 10.1 Å². The Bertz CT molecular complexity index is 495. The summed E-state index contributed by atoms with van der Waals surface area (Å²) >= 11 is 0. The van der Waals surface area contributed by atoms with E-state index in [1.807, 2.05) is 44.2 Å². The number of nitro groups is 1. The van der Waals surface area contributed by atoms with E-state index in [0.29, 0.717) is 5.57 Å². The van der Waals surface area contributed by atoms with Crippen LogP contribution in [-0.2, 0) is 4.74 Å². The molecule has 96 valence electrons. The van der Waals surface area contributed by atoms with Gasteiger partial charge in [-0.2, -0.15) is 0 Å². The number of nitrogens with zero attached hydrogens (tertiary/aromatic N) is 1. The lowest BCUT2D eigenvalue weighted by Gasteiger charge is -2.22. The topological polar surface area (TPSA) is 52.4 Å². The van der Waals surface area contributed by atoms with E-state index in [1.54, 1.807) is 6.92 Å². The third kappa shape index (κ3) is 1.64. The molecule has 4 nitrogen and oxygen atoms in total. The molecule has 2 rings (SSSR count). The van der Waals surface area contributed by atoms with Crippen LogP contribution < -0.4 is 0 Å². The highest BCUT2D eigenvalue weighted by molar-refractivity contribution is 5.34. The Morgan fingerprint density at radius 1 is 1.28 bits per heavy atom. The SMILES string of the molecule is C=C1C(C)(C)O[C@@H](c2ccccc2)[C@]1(C)[N+](=O)[O-]. The van der Waals surface area contributed by atoms with Crippen molar-refractivity contribution in [2.24, 2.45) is 0 Å². The summed E-state index contributed by atoms with van der Waals surface area (Å²) in [5.74, 6) is 0. The van der Waals surface area contributed by atoms with Crippen LogP contribution in [0, 0.1) is 10.1 Å². The summed E-state index contributed by atoms with van der Waals surface area (Å²) in [5.41, 5.74) is -0.662. The van der Waals surface area contributed by atoms with Crippen molar-refractivity contribution in [1.29, 1.82) is 0 Å². The Hall–Kier alpha value is -1.68. The Kier molecular flexibility index (Phi) is 2.78. The molecule has 0 spiro atoms. The minimum Gasteiger partial charge on any atom is -0.355 e. The van der Waals surface area contributed by atoms with E-state index < -0.39 is 17.2 Å². The van der Waals surface area contributed by atoms with Gasteiger partial charge >= 0.3 is 0 Å². The number of hydrogen-bond donors (Lipinski definition) is 0. The lowest BCUT2D eigenvalue weighted by atomic mass is 9.81. The van der Waals surface area contributed by atoms with E-state index in [0.717, 1.165) is 5.56 Å². The fourth-order valence-corrected chi connectivity index (χ4v) is 2.47. The van der Waals surface area contributed by atoms with Crippen LogP contribution in [0.4, 0.5) is 0 Å². The van der Waals surface area contributed by atoms with E-state index in [4.69, 9.17) is 4.74 Å². The molecule has 1 fully saturated rings. The van der Waals surface area contributed by atoms with Gasteiger partial charge in [-0.1, -0.05) is 36.9 Å². The fraction of sp³-hybridized carbons (Fsp3) is 0.429. The molecule has 1 aromatic carbocycles. The molecule has 0 bridgehead atoms. The van der Waals surface area contributed by atoms with Gasteiger partial charge in [0.2, 0.25) is 0 Å². The molecule has 0 amide bonds. The van der Waals surface area contributed by atoms with Gasteiger partial charge < -0.3 is 4.74 Å². The molecule has 0 saturated carbocycles. The molecule has 0 aliphatic carbocycles. The van der Waals surface area contributed by atoms with Crippen LogP contribution in [0.3, 0.4) is 0 Å². The fourth-order valence-electron chi connectivity index (χ4n) is 2.47. The first-order valence-electron chi connectivity index (χ1n) is 5.87. The van der Waals surface area contributed by atoms with Crippen LogP contribution in [0.2, 0.25) is 0 Å². The van der Waals surface area contributed by atoms with Gasteiger partial charge in [0.1, 0.15) is 0 Å². The van der Waals surface area contributed by atoms with Crippen LogP contribution in [0.5, 0.6) is 0 Å². The average Bonchev–Trinajstić information content (AvgIpc) is 2.52. The summed E-state index contributed by atoms with van der Waals surface area (Å²) in [5, 5.41) is 11.5. The summed E-state index contributed by atoms with van der Waals surface area (Å²) in [6, 6.07) is 9.28. The number of hydrogen-bond acceptors (Lipinski definition) is 3. The van der Waals surface area contributed by atoms with Crippen LogP contribution >= 0.6 is 0 Å². The Labute approximate surface area is 106 Å². The molecule has 18 heavy (non-hydrogen) atoms. The summed E-state index contributed by atoms with van der Waals surface area (Å²) in [6.45, 7) is 9.11. The second kappa shape index (κ2) is 3.92. The van der Waals surface area contributed by atoms with Crippen LogP contribution in [-0.4, -0.2) is 16.1 Å². The molecule has 1 aliphatic heterocycles. The third-order valence-corrected chi connectivity index (χ3v) is 3.74. The molecule has 4 heteroatoms. The molecular formula is C14H17NO3. The first kappa shape index (κ1) is 12.8. The first-order chi connectivity index (χ1) is 8.30. The molecular weight excluding hydrogens is 230 g/mol. The standard InChI is InChI=1S/C14H17NO3/c1-10-13(2,3)18-12(14(10,4)15(16)17)11-8-6-5-7-9-11/h5-9,12H,1H2,2-4H3/t12-,14+/m0/s1. The highest BCUT2D eigenvalue weighted by Gasteiger charge is 2.61. The maximum atomic E-state index is 11.5. The Morgan fingerprint density at radius 3 is 2.33 bits per heavy atom. The largest absolute Gasteiger partial charge is 0.355 e. The van der Waals surface area contributed by atoms with Gasteiger partial charge in [-0.15, -0.1) is 0 Å². The summed E-state index contributed by atoms with van der Waals surface area (Å²) < 4.78 is 5.88. The van der Waals surface area contributed by atoms with Crippen molar-refractivity contribution in [2.75, 3.05) is 0 Å². The first-order valence-corrected chi connectivity index (χ1v) is 5.87. The van der Waals surface area contributed by atoms with Crippen molar-refractivity contribution in [2.45, 2.75) is 38.0 Å². The van der Waals surface area contributed by atoms with Crippen LogP contribution in [0.1, 0.15) is 32.4 Å². The van der Waals surface area contributed by atoms with E-state index in [1.165, 1.54) is 0 Å². The summed E-state index contributed by atoms with van der Waals surface area (Å²) in [4.78, 5) is 11.2. The van der Waals surface area contributed by atoms with Gasteiger partial charge in [0, 0.05) is 17.4 Å². The maximum absolute atomic E-state index is 11.5. The predicted octanol–water partition coefficient (Wildman–Crippen LogP) is 3.13. The van der Waals surface area contributed by atoms with Crippen molar-refractivity contribution >= 4 is 0 Å². The molecule has 1 heterocycles. The smallest absolute Gasteiger partial charge is 0.272 e. The van der Waals surface area contributed by atoms with Gasteiger partial charge in [-0.25, -0.2) is 0 Å². The van der Waals surface area contributed by atoms with Crippen molar-refractivity contribution in [3.05, 3.63) is 58.2 Å². The Balaban J connectivity index is 2.54. The molecule has 1 aliphatic rings. The molecule has 0 unspecified atom stereocenters. The van der Waals surface area contributed by atoms with Crippen LogP contribution in [0.25, 0.3) is 0 Å². The normalized spacial score (nSPS) is 30.4. The zero-order valence-corrected chi connectivity index (χ0v) is 10.8. The number of rotatable bonds is 2. The van der Waals surface area contributed by atoms with Gasteiger partial charge in [-0.3, -0.25) is 10.1 Å². The highest BCUT2D eigenvalue weighted by atomic mass is 16.6. The predicted molar refractivity (Wildman–Crippen MR) is 68.9 cm³/mol. The quantitative estimate of drug-likeness (QED) is 0.458. The lowest BCUT2D eigenvalue weighted by molar-refractivity contribution is -0.561. The molecule has 1 saturated heterocycles. The lowest BCUT2D eigenvalue weighted by Crippen LogP contribution is -2.40. The van der Waals surface area contributed by atoms with E-state index >= 15 is 0 Å². The second-order valence-electron chi connectivity index (χ2n) is 5.30. The number of benzene rings is 1. The summed E-state index contributed by atoms with van der Waals surface area (Å²) in [7, 11) is 0. The monoisotopic (exact) mass is 247 g/mol. The zero-order valence-electron chi connectivity index (χ0n) is 10.8. The van der Waals surface area contributed by atoms with E-state index in [2.05, 4.69) is 6.58 Å². The van der Waals surface area contributed by atoms with Gasteiger partial charge in [0.25, 0.3) is 5.54 Å². The van der Waals surface area contributed by atoms with Crippen LogP contribution in [0.15, 0.2) is 42.5 Å². The second-order valence-corrected chi connectivity index (χ2v) is 5.30. The van der Waals surface area contributed by atoms with Crippen molar-refractivity contribution < 1.29 is 9.66 Å². The van der Waals surface area contributed by atoms with Crippen molar-refractivity contribution in [1.82, 2.24) is 0 Å². The zero-order chi connectivity index (χ0) is 13.6. The van der Waals surface area contributed by atoms with Gasteiger partial charge in [0.05, 0.1) is 5.60 Å². The minimum atomic E-state index is -1.29. The average molecular weight is 247 g/mol. The third-order valence-electron chi connectivity index (χ3n) is 3.74. The number of ether oxygens (including phenoxy) is 1.